The summed E-state index contributed by atoms with van der Waals surface area (Å²) in [4.78, 5) is 11.4. The number of rotatable bonds is 4. The Bertz CT molecular complexity index is 325. The Morgan fingerprint density at radius 2 is 2.29 bits per heavy atom. The van der Waals surface area contributed by atoms with Gasteiger partial charge in [-0.1, -0.05) is 13.0 Å². The highest BCUT2D eigenvalue weighted by Gasteiger charge is 2.07. The van der Waals surface area contributed by atoms with Crippen molar-refractivity contribution in [3.05, 3.63) is 29.6 Å². The first-order valence-corrected chi connectivity index (χ1v) is 5.67. The van der Waals surface area contributed by atoms with Crippen molar-refractivity contribution in [2.24, 2.45) is 5.92 Å². The van der Waals surface area contributed by atoms with Gasteiger partial charge in [0, 0.05) is 10.8 Å². The summed E-state index contributed by atoms with van der Waals surface area (Å²) in [5, 5.41) is 0. The molecule has 1 unspecified atom stereocenters. The second kappa shape index (κ2) is 5.15. The molecule has 0 aliphatic rings. The molecule has 0 N–H and O–H groups in total. The molecular formula is C11H13FOS. The number of carbonyl (C=O) groups excluding carboxylic acids is 1. The number of carbonyl (C=O) groups is 1. The Kier molecular flexibility index (Phi) is 4.14. The lowest BCUT2D eigenvalue weighted by Crippen LogP contribution is -2.02. The highest BCUT2D eigenvalue weighted by atomic mass is 32.2. The van der Waals surface area contributed by atoms with E-state index in [4.69, 9.17) is 0 Å². The predicted molar refractivity (Wildman–Crippen MR) is 57.1 cm³/mol. The predicted octanol–water partition coefficient (Wildman–Crippen LogP) is 2.93. The van der Waals surface area contributed by atoms with E-state index in [1.54, 1.807) is 6.07 Å². The number of aldehydes is 1. The van der Waals surface area contributed by atoms with E-state index >= 15 is 0 Å². The second-order valence-corrected chi connectivity index (χ2v) is 4.12. The highest BCUT2D eigenvalue weighted by Crippen LogP contribution is 2.23. The lowest BCUT2D eigenvalue weighted by atomic mass is 10.0. The van der Waals surface area contributed by atoms with Crippen molar-refractivity contribution >= 4 is 18.0 Å². The molecule has 0 saturated heterocycles. The Balaban J connectivity index is 2.90. The lowest BCUT2D eigenvalue weighted by Gasteiger charge is -2.08. The first-order valence-electron chi connectivity index (χ1n) is 4.45. The van der Waals surface area contributed by atoms with Crippen LogP contribution in [0.5, 0.6) is 0 Å². The molecule has 1 nitrogen and oxygen atoms in total. The van der Waals surface area contributed by atoms with Crippen LogP contribution >= 0.6 is 11.8 Å². The van der Waals surface area contributed by atoms with Crippen LogP contribution < -0.4 is 0 Å². The third kappa shape index (κ3) is 2.84. The normalized spacial score (nSPS) is 12.5. The van der Waals surface area contributed by atoms with E-state index in [1.807, 2.05) is 13.2 Å². The lowest BCUT2D eigenvalue weighted by molar-refractivity contribution is -0.110. The maximum atomic E-state index is 12.9. The highest BCUT2D eigenvalue weighted by molar-refractivity contribution is 7.98. The van der Waals surface area contributed by atoms with Gasteiger partial charge in [-0.05, 0) is 30.4 Å². The van der Waals surface area contributed by atoms with Gasteiger partial charge in [-0.25, -0.2) is 4.39 Å². The first kappa shape index (κ1) is 11.2. The summed E-state index contributed by atoms with van der Waals surface area (Å²) in [5.74, 6) is -0.233. The molecule has 0 aliphatic heterocycles. The second-order valence-electron chi connectivity index (χ2n) is 3.27. The van der Waals surface area contributed by atoms with Crippen LogP contribution in [-0.4, -0.2) is 12.5 Å². The topological polar surface area (TPSA) is 17.1 Å². The summed E-state index contributed by atoms with van der Waals surface area (Å²) in [5.41, 5.74) is 1.04. The van der Waals surface area contributed by atoms with Gasteiger partial charge in [0.05, 0.1) is 0 Å². The smallest absolute Gasteiger partial charge is 0.124 e. The maximum Gasteiger partial charge on any atom is 0.124 e. The number of hydrogen-bond donors (Lipinski definition) is 0. The molecule has 0 aliphatic carbocycles. The van der Waals surface area contributed by atoms with Gasteiger partial charge in [-0.15, -0.1) is 11.8 Å². The van der Waals surface area contributed by atoms with E-state index in [-0.39, 0.29) is 11.7 Å². The Morgan fingerprint density at radius 3 is 2.86 bits per heavy atom. The van der Waals surface area contributed by atoms with E-state index in [1.165, 1.54) is 23.9 Å². The van der Waals surface area contributed by atoms with Crippen molar-refractivity contribution in [2.75, 3.05) is 6.26 Å². The van der Waals surface area contributed by atoms with Crippen LogP contribution in [0.3, 0.4) is 0 Å². The van der Waals surface area contributed by atoms with Gasteiger partial charge in [-0.2, -0.15) is 0 Å². The van der Waals surface area contributed by atoms with E-state index in [2.05, 4.69) is 0 Å². The molecule has 76 valence electrons. The molecule has 0 heterocycles. The summed E-state index contributed by atoms with van der Waals surface area (Å²) >= 11 is 1.51. The van der Waals surface area contributed by atoms with Crippen LogP contribution in [0.4, 0.5) is 4.39 Å². The third-order valence-electron chi connectivity index (χ3n) is 2.02. The fourth-order valence-electron chi connectivity index (χ4n) is 1.28. The van der Waals surface area contributed by atoms with Crippen LogP contribution in [0.25, 0.3) is 0 Å². The zero-order valence-corrected chi connectivity index (χ0v) is 9.10. The number of halogens is 1. The minimum absolute atomic E-state index is 0.00800. The molecule has 1 aromatic rings. The molecule has 0 aromatic heterocycles. The number of benzene rings is 1. The maximum absolute atomic E-state index is 12.9. The van der Waals surface area contributed by atoms with Crippen molar-refractivity contribution in [1.29, 1.82) is 0 Å². The molecule has 3 heteroatoms. The van der Waals surface area contributed by atoms with Crippen molar-refractivity contribution in [2.45, 2.75) is 18.2 Å². The summed E-state index contributed by atoms with van der Waals surface area (Å²) < 4.78 is 12.9. The SMILES string of the molecule is CSc1cc(F)ccc1CC(C)C=O. The summed E-state index contributed by atoms with van der Waals surface area (Å²) in [6.07, 6.45) is 3.51. The van der Waals surface area contributed by atoms with Crippen LogP contribution in [0.1, 0.15) is 12.5 Å². The molecule has 0 radical (unpaired) electrons. The average Bonchev–Trinajstić information content (AvgIpc) is 2.20. The number of thioether (sulfide) groups is 1. The zero-order chi connectivity index (χ0) is 10.6. The van der Waals surface area contributed by atoms with Crippen molar-refractivity contribution in [3.8, 4) is 0 Å². The molecule has 0 amide bonds. The van der Waals surface area contributed by atoms with Gasteiger partial charge < -0.3 is 4.79 Å². The Morgan fingerprint density at radius 1 is 1.57 bits per heavy atom. The van der Waals surface area contributed by atoms with Gasteiger partial charge >= 0.3 is 0 Å². The molecule has 0 fully saturated rings. The fraction of sp³-hybridized carbons (Fsp3) is 0.364. The van der Waals surface area contributed by atoms with Crippen LogP contribution in [-0.2, 0) is 11.2 Å². The Labute approximate surface area is 87.7 Å². The first-order chi connectivity index (χ1) is 6.67. The third-order valence-corrected chi connectivity index (χ3v) is 2.84. The van der Waals surface area contributed by atoms with E-state index in [9.17, 15) is 9.18 Å². The van der Waals surface area contributed by atoms with Crippen molar-refractivity contribution < 1.29 is 9.18 Å². The quantitative estimate of drug-likeness (QED) is 0.564. The van der Waals surface area contributed by atoms with E-state index in [0.29, 0.717) is 6.42 Å². The monoisotopic (exact) mass is 212 g/mol. The van der Waals surface area contributed by atoms with Crippen LogP contribution in [0.2, 0.25) is 0 Å². The largest absolute Gasteiger partial charge is 0.303 e. The minimum Gasteiger partial charge on any atom is -0.303 e. The molecule has 0 bridgehead atoms. The minimum atomic E-state index is -0.225. The van der Waals surface area contributed by atoms with Gasteiger partial charge in [0.25, 0.3) is 0 Å². The van der Waals surface area contributed by atoms with E-state index in [0.717, 1.165) is 16.7 Å². The van der Waals surface area contributed by atoms with Crippen molar-refractivity contribution in [1.82, 2.24) is 0 Å². The van der Waals surface area contributed by atoms with E-state index < -0.39 is 0 Å². The van der Waals surface area contributed by atoms with Gasteiger partial charge in [0.2, 0.25) is 0 Å². The standard InChI is InChI=1S/C11H13FOS/c1-8(7-13)5-9-3-4-10(12)6-11(9)14-2/h3-4,6-8H,5H2,1-2H3. The molecule has 14 heavy (non-hydrogen) atoms. The van der Waals surface area contributed by atoms with Gasteiger partial charge in [0.15, 0.2) is 0 Å². The molecular weight excluding hydrogens is 199 g/mol. The average molecular weight is 212 g/mol. The molecule has 1 aromatic carbocycles. The summed E-state index contributed by atoms with van der Waals surface area (Å²) in [6, 6.07) is 4.70. The Hall–Kier alpha value is -0.830. The molecule has 0 spiro atoms. The fourth-order valence-corrected chi connectivity index (χ4v) is 1.93. The molecule has 0 saturated carbocycles. The molecule has 1 rings (SSSR count). The summed E-state index contributed by atoms with van der Waals surface area (Å²) in [6.45, 7) is 1.86. The molecule has 1 atom stereocenters. The van der Waals surface area contributed by atoms with Gasteiger partial charge in [-0.3, -0.25) is 0 Å². The van der Waals surface area contributed by atoms with Crippen LogP contribution in [0, 0.1) is 11.7 Å². The zero-order valence-electron chi connectivity index (χ0n) is 8.29. The van der Waals surface area contributed by atoms with Crippen molar-refractivity contribution in [3.63, 3.8) is 0 Å². The van der Waals surface area contributed by atoms with Crippen LogP contribution in [0.15, 0.2) is 23.1 Å². The summed E-state index contributed by atoms with van der Waals surface area (Å²) in [7, 11) is 0. The van der Waals surface area contributed by atoms with Gasteiger partial charge in [0.1, 0.15) is 12.1 Å². The number of hydrogen-bond acceptors (Lipinski definition) is 2.